The lowest BCUT2D eigenvalue weighted by Gasteiger charge is -2.28. The number of ether oxygens (including phenoxy) is 3. The van der Waals surface area contributed by atoms with Crippen molar-refractivity contribution < 1.29 is 19.0 Å². The highest BCUT2D eigenvalue weighted by atomic mass is 16.5. The third-order valence-corrected chi connectivity index (χ3v) is 5.39. The summed E-state index contributed by atoms with van der Waals surface area (Å²) in [5.41, 5.74) is 9.78. The number of rotatable bonds is 6. The van der Waals surface area contributed by atoms with E-state index in [1.807, 2.05) is 38.1 Å². The number of carbonyl (C=O) groups is 1. The van der Waals surface area contributed by atoms with Gasteiger partial charge in [0, 0.05) is 18.1 Å². The van der Waals surface area contributed by atoms with E-state index in [4.69, 9.17) is 19.9 Å². The number of nitrogens with two attached hydrogens (primary N) is 1. The van der Waals surface area contributed by atoms with Crippen molar-refractivity contribution in [1.82, 2.24) is 20.3 Å². The second kappa shape index (κ2) is 8.93. The third-order valence-electron chi connectivity index (χ3n) is 5.39. The molecular weight excluding hydrogens is 422 g/mol. The minimum Gasteiger partial charge on any atom is -0.493 e. The fourth-order valence-electron chi connectivity index (χ4n) is 4.03. The van der Waals surface area contributed by atoms with E-state index < -0.39 is 0 Å². The first-order valence-electron chi connectivity index (χ1n) is 10.6. The van der Waals surface area contributed by atoms with Crippen LogP contribution in [0.3, 0.4) is 0 Å². The molecule has 1 aromatic carbocycles. The van der Waals surface area contributed by atoms with Crippen LogP contribution in [-0.2, 0) is 6.42 Å². The van der Waals surface area contributed by atoms with Gasteiger partial charge >= 0.3 is 0 Å². The molecule has 0 saturated heterocycles. The first kappa shape index (κ1) is 22.3. The van der Waals surface area contributed by atoms with Crippen LogP contribution in [0.25, 0.3) is 11.3 Å². The maximum atomic E-state index is 13.0. The van der Waals surface area contributed by atoms with Gasteiger partial charge in [-0.25, -0.2) is 15.0 Å². The molecule has 3 N–H and O–H groups in total. The maximum Gasteiger partial charge on any atom is 0.255 e. The minimum absolute atomic E-state index is 0.0558. The molecule has 9 nitrogen and oxygen atoms in total. The van der Waals surface area contributed by atoms with Crippen LogP contribution in [0.15, 0.2) is 30.3 Å². The molecule has 0 aliphatic carbocycles. The molecule has 2 aromatic heterocycles. The summed E-state index contributed by atoms with van der Waals surface area (Å²) in [5, 5.41) is 3.08. The molecule has 1 aliphatic heterocycles. The van der Waals surface area contributed by atoms with Crippen molar-refractivity contribution >= 4 is 11.9 Å². The molecule has 33 heavy (non-hydrogen) atoms. The molecular formula is C24H27N5O4. The Balaban J connectivity index is 1.88. The zero-order chi connectivity index (χ0) is 23.7. The summed E-state index contributed by atoms with van der Waals surface area (Å²) in [7, 11) is 3.15. The zero-order valence-electron chi connectivity index (χ0n) is 19.3. The SMILES string of the molecule is COc1cccc(-c2cc(OC(C)C)c(OC)cc2C2Cc3nc(N)nc(C)c3C(=O)N2)n1. The van der Waals surface area contributed by atoms with Gasteiger partial charge in [-0.2, -0.15) is 0 Å². The quantitative estimate of drug-likeness (QED) is 0.588. The van der Waals surface area contributed by atoms with E-state index >= 15 is 0 Å². The Morgan fingerprint density at radius 1 is 1.09 bits per heavy atom. The number of nitrogens with zero attached hydrogens (tertiary/aromatic N) is 3. The summed E-state index contributed by atoms with van der Waals surface area (Å²) in [6, 6.07) is 8.90. The topological polar surface area (TPSA) is 121 Å². The highest BCUT2D eigenvalue weighted by molar-refractivity contribution is 5.98. The predicted octanol–water partition coefficient (Wildman–Crippen LogP) is 3.26. The molecule has 1 atom stereocenters. The number of nitrogens with one attached hydrogen (secondary N) is 1. The van der Waals surface area contributed by atoms with Crippen molar-refractivity contribution in [1.29, 1.82) is 0 Å². The third kappa shape index (κ3) is 4.39. The first-order valence-corrected chi connectivity index (χ1v) is 10.6. The Morgan fingerprint density at radius 3 is 2.58 bits per heavy atom. The van der Waals surface area contributed by atoms with Crippen molar-refractivity contribution in [2.45, 2.75) is 39.3 Å². The van der Waals surface area contributed by atoms with Crippen LogP contribution in [0.5, 0.6) is 17.4 Å². The number of methoxy groups -OCH3 is 2. The number of amides is 1. The second-order valence-electron chi connectivity index (χ2n) is 8.04. The van der Waals surface area contributed by atoms with Crippen LogP contribution in [-0.4, -0.2) is 41.2 Å². The molecule has 9 heteroatoms. The first-order chi connectivity index (χ1) is 15.8. The predicted molar refractivity (Wildman–Crippen MR) is 124 cm³/mol. The minimum atomic E-state index is -0.385. The van der Waals surface area contributed by atoms with Crippen molar-refractivity contribution in [3.63, 3.8) is 0 Å². The highest BCUT2D eigenvalue weighted by Crippen LogP contribution is 2.40. The summed E-state index contributed by atoms with van der Waals surface area (Å²) in [6.07, 6.45) is 0.388. The number of benzene rings is 1. The lowest BCUT2D eigenvalue weighted by Crippen LogP contribution is -2.37. The zero-order valence-corrected chi connectivity index (χ0v) is 19.3. The Morgan fingerprint density at radius 2 is 1.88 bits per heavy atom. The number of aromatic nitrogens is 3. The summed E-state index contributed by atoms with van der Waals surface area (Å²) >= 11 is 0. The molecule has 3 heterocycles. The number of pyridine rings is 1. The van der Waals surface area contributed by atoms with E-state index in [9.17, 15) is 4.79 Å². The van der Waals surface area contributed by atoms with Crippen LogP contribution in [0, 0.1) is 6.92 Å². The average molecular weight is 450 g/mol. The molecule has 0 spiro atoms. The van der Waals surface area contributed by atoms with Gasteiger partial charge in [0.15, 0.2) is 11.5 Å². The number of carbonyl (C=O) groups excluding carboxylic acids is 1. The normalized spacial score (nSPS) is 15.1. The Labute approximate surface area is 192 Å². The van der Waals surface area contributed by atoms with E-state index in [0.717, 1.165) is 11.1 Å². The molecule has 1 aliphatic rings. The molecule has 4 rings (SSSR count). The Kier molecular flexibility index (Phi) is 6.04. The van der Waals surface area contributed by atoms with Gasteiger partial charge in [-0.1, -0.05) is 6.07 Å². The number of aryl methyl sites for hydroxylation is 1. The average Bonchev–Trinajstić information content (AvgIpc) is 2.77. The van der Waals surface area contributed by atoms with Gasteiger partial charge in [-0.05, 0) is 44.5 Å². The lowest BCUT2D eigenvalue weighted by atomic mass is 9.89. The number of hydrogen-bond acceptors (Lipinski definition) is 8. The lowest BCUT2D eigenvalue weighted by molar-refractivity contribution is 0.0922. The van der Waals surface area contributed by atoms with Gasteiger partial charge in [0.25, 0.3) is 5.91 Å². The highest BCUT2D eigenvalue weighted by Gasteiger charge is 2.31. The number of hydrogen-bond donors (Lipinski definition) is 2. The summed E-state index contributed by atoms with van der Waals surface area (Å²) < 4.78 is 16.9. The summed E-state index contributed by atoms with van der Waals surface area (Å²) in [5.74, 6) is 1.52. The molecule has 0 saturated carbocycles. The van der Waals surface area contributed by atoms with Crippen LogP contribution in [0.4, 0.5) is 5.95 Å². The van der Waals surface area contributed by atoms with E-state index in [2.05, 4.69) is 20.3 Å². The molecule has 0 radical (unpaired) electrons. The monoisotopic (exact) mass is 449 g/mol. The van der Waals surface area contributed by atoms with Crippen molar-refractivity contribution in [2.75, 3.05) is 20.0 Å². The Bertz CT molecular complexity index is 1210. The van der Waals surface area contributed by atoms with Gasteiger partial charge in [0.05, 0.1) is 49.0 Å². The molecule has 1 unspecified atom stereocenters. The van der Waals surface area contributed by atoms with Gasteiger partial charge in [-0.3, -0.25) is 4.79 Å². The van der Waals surface area contributed by atoms with Crippen molar-refractivity contribution in [3.8, 4) is 28.6 Å². The molecule has 0 bridgehead atoms. The largest absolute Gasteiger partial charge is 0.493 e. The van der Waals surface area contributed by atoms with E-state index in [0.29, 0.717) is 46.4 Å². The number of nitrogen functional groups attached to an aromatic ring is 1. The molecule has 1 amide bonds. The van der Waals surface area contributed by atoms with Gasteiger partial charge in [0.2, 0.25) is 11.8 Å². The van der Waals surface area contributed by atoms with Gasteiger partial charge in [0.1, 0.15) is 0 Å². The van der Waals surface area contributed by atoms with Crippen molar-refractivity contribution in [3.05, 3.63) is 52.8 Å². The maximum absolute atomic E-state index is 13.0. The number of fused-ring (bicyclic) bond motifs is 1. The summed E-state index contributed by atoms with van der Waals surface area (Å²) in [4.78, 5) is 26.1. The van der Waals surface area contributed by atoms with Gasteiger partial charge in [-0.15, -0.1) is 0 Å². The standard InChI is InChI=1S/C24H27N5O4/c1-12(2)33-20-10-14(16-7-6-8-21(27-16)32-5)15(9-19(20)31-4)17-11-18-22(23(30)28-17)13(3)26-24(25)29-18/h6-10,12,17H,11H2,1-5H3,(H,28,30)(H2,25,26,29). The van der Waals surface area contributed by atoms with Crippen LogP contribution < -0.4 is 25.3 Å². The van der Waals surface area contributed by atoms with E-state index in [1.165, 1.54) is 0 Å². The molecule has 172 valence electrons. The molecule has 3 aromatic rings. The summed E-state index contributed by atoms with van der Waals surface area (Å²) in [6.45, 7) is 5.65. The van der Waals surface area contributed by atoms with E-state index in [-0.39, 0.29) is 24.0 Å². The second-order valence-corrected chi connectivity index (χ2v) is 8.04. The van der Waals surface area contributed by atoms with Gasteiger partial charge < -0.3 is 25.3 Å². The number of anilines is 1. The fourth-order valence-corrected chi connectivity index (χ4v) is 4.03. The van der Waals surface area contributed by atoms with Crippen LogP contribution in [0.1, 0.15) is 47.2 Å². The van der Waals surface area contributed by atoms with Crippen LogP contribution >= 0.6 is 0 Å². The molecule has 0 fully saturated rings. The Hall–Kier alpha value is -3.88. The smallest absolute Gasteiger partial charge is 0.255 e. The van der Waals surface area contributed by atoms with Crippen LogP contribution in [0.2, 0.25) is 0 Å². The fraction of sp³-hybridized carbons (Fsp3) is 0.333. The van der Waals surface area contributed by atoms with E-state index in [1.54, 1.807) is 27.2 Å². The van der Waals surface area contributed by atoms with Crippen molar-refractivity contribution in [2.24, 2.45) is 0 Å².